The summed E-state index contributed by atoms with van der Waals surface area (Å²) in [4.78, 5) is 26.4. The van der Waals surface area contributed by atoms with Crippen molar-refractivity contribution in [2.24, 2.45) is 0 Å². The predicted octanol–water partition coefficient (Wildman–Crippen LogP) is 6.33. The number of carbonyl (C=O) groups excluding carboxylic acids is 1. The van der Waals surface area contributed by atoms with Crippen molar-refractivity contribution in [3.05, 3.63) is 112 Å². The van der Waals surface area contributed by atoms with E-state index in [-0.39, 0.29) is 5.91 Å². The Labute approximate surface area is 237 Å². The third-order valence-corrected chi connectivity index (χ3v) is 7.74. The lowest BCUT2D eigenvalue weighted by Gasteiger charge is -2.37. The number of amides is 1. The van der Waals surface area contributed by atoms with Gasteiger partial charge >= 0.3 is 0 Å². The number of benzene rings is 3. The van der Waals surface area contributed by atoms with Gasteiger partial charge in [0.1, 0.15) is 11.0 Å². The van der Waals surface area contributed by atoms with Crippen LogP contribution in [-0.2, 0) is 12.3 Å². The maximum atomic E-state index is 12.7. The Morgan fingerprint density at radius 1 is 0.816 bits per heavy atom. The Balaban J connectivity index is 1.19. The average Bonchev–Trinajstić information content (AvgIpc) is 2.96. The summed E-state index contributed by atoms with van der Waals surface area (Å²) in [7, 11) is 0. The summed E-state index contributed by atoms with van der Waals surface area (Å²) in [6.45, 7) is 3.79. The van der Waals surface area contributed by atoms with Crippen LogP contribution < -0.4 is 15.1 Å². The van der Waals surface area contributed by atoms with E-state index >= 15 is 0 Å². The molecule has 1 N–H and O–H groups in total. The highest BCUT2D eigenvalue weighted by molar-refractivity contribution is 7.98. The number of nitrogens with zero attached hydrogens (tertiary/aromatic N) is 4. The molecule has 0 radical (unpaired) electrons. The van der Waals surface area contributed by atoms with E-state index in [0.29, 0.717) is 28.2 Å². The van der Waals surface area contributed by atoms with Crippen molar-refractivity contribution < 1.29 is 4.79 Å². The average molecular weight is 565 g/mol. The maximum Gasteiger partial charge on any atom is 0.251 e. The Morgan fingerprint density at radius 2 is 1.53 bits per heavy atom. The van der Waals surface area contributed by atoms with E-state index in [1.807, 2.05) is 78.9 Å². The van der Waals surface area contributed by atoms with Gasteiger partial charge in [-0.15, -0.1) is 0 Å². The van der Waals surface area contributed by atoms with Crippen LogP contribution in [0, 0.1) is 0 Å². The molecule has 194 valence electrons. The second kappa shape index (κ2) is 12.5. The monoisotopic (exact) mass is 563 g/mol. The van der Waals surface area contributed by atoms with Gasteiger partial charge in [0, 0.05) is 50.1 Å². The largest absolute Gasteiger partial charge is 0.367 e. The predicted molar refractivity (Wildman–Crippen MR) is 157 cm³/mol. The fourth-order valence-electron chi connectivity index (χ4n) is 4.33. The van der Waals surface area contributed by atoms with Crippen LogP contribution in [0.1, 0.15) is 21.5 Å². The summed E-state index contributed by atoms with van der Waals surface area (Å²) in [6, 6.07) is 27.2. The zero-order chi connectivity index (χ0) is 26.3. The normalized spacial score (nSPS) is 13.4. The molecule has 0 aliphatic carbocycles. The molecule has 4 aromatic rings. The molecule has 0 unspecified atom stereocenters. The van der Waals surface area contributed by atoms with Gasteiger partial charge in [-0.3, -0.25) is 4.79 Å². The third kappa shape index (κ3) is 6.78. The number of para-hydroxylation sites is 1. The molecule has 1 aliphatic heterocycles. The topological polar surface area (TPSA) is 61.4 Å². The van der Waals surface area contributed by atoms with Crippen molar-refractivity contribution in [3.63, 3.8) is 0 Å². The van der Waals surface area contributed by atoms with Gasteiger partial charge in [-0.1, -0.05) is 89.6 Å². The van der Waals surface area contributed by atoms with Crippen LogP contribution in [0.3, 0.4) is 0 Å². The highest BCUT2D eigenvalue weighted by atomic mass is 35.5. The number of piperazine rings is 1. The molecule has 6 nitrogen and oxygen atoms in total. The molecule has 0 saturated carbocycles. The van der Waals surface area contributed by atoms with E-state index in [9.17, 15) is 4.79 Å². The molecule has 1 fully saturated rings. The Hall–Kier alpha value is -3.26. The number of thioether (sulfide) groups is 1. The Bertz CT molecular complexity index is 1400. The number of aromatic nitrogens is 2. The standard InChI is InChI=1S/C29H27Cl2N5OS/c30-24-11-4-5-12-25(24)35-13-15-36(16-14-35)27-18-26(31)33-29(34-27)38-20-22-9-6-10-23(17-22)28(37)32-19-21-7-2-1-3-8-21/h1-12,17-18H,13-16,19-20H2,(H,32,37). The van der Waals surface area contributed by atoms with Gasteiger partial charge in [0.2, 0.25) is 0 Å². The minimum atomic E-state index is -0.0991. The van der Waals surface area contributed by atoms with E-state index in [4.69, 9.17) is 28.2 Å². The lowest BCUT2D eigenvalue weighted by atomic mass is 10.1. The van der Waals surface area contributed by atoms with Gasteiger partial charge in [-0.25, -0.2) is 9.97 Å². The molecule has 3 aromatic carbocycles. The maximum absolute atomic E-state index is 12.7. The van der Waals surface area contributed by atoms with Crippen LogP contribution in [0.15, 0.2) is 90.1 Å². The van der Waals surface area contributed by atoms with Crippen molar-refractivity contribution in [1.82, 2.24) is 15.3 Å². The molecule has 0 spiro atoms. The molecule has 5 rings (SSSR count). The lowest BCUT2D eigenvalue weighted by molar-refractivity contribution is 0.0951. The van der Waals surface area contributed by atoms with Crippen molar-refractivity contribution in [3.8, 4) is 0 Å². The van der Waals surface area contributed by atoms with Gasteiger partial charge in [-0.2, -0.15) is 0 Å². The quantitative estimate of drug-likeness (QED) is 0.153. The molecule has 1 amide bonds. The molecular formula is C29H27Cl2N5OS. The molecule has 1 saturated heterocycles. The van der Waals surface area contributed by atoms with Crippen LogP contribution in [0.4, 0.5) is 11.5 Å². The second-order valence-corrected chi connectivity index (χ2v) is 10.7. The molecule has 38 heavy (non-hydrogen) atoms. The minimum Gasteiger partial charge on any atom is -0.367 e. The molecule has 1 aromatic heterocycles. The fraction of sp³-hybridized carbons (Fsp3) is 0.207. The van der Waals surface area contributed by atoms with E-state index < -0.39 is 0 Å². The first-order valence-corrected chi connectivity index (χ1v) is 14.1. The second-order valence-electron chi connectivity index (χ2n) is 8.91. The summed E-state index contributed by atoms with van der Waals surface area (Å²) in [5, 5.41) is 4.77. The van der Waals surface area contributed by atoms with Crippen LogP contribution in [0.2, 0.25) is 10.2 Å². The first-order valence-electron chi connectivity index (χ1n) is 12.4. The smallest absolute Gasteiger partial charge is 0.251 e. The highest BCUT2D eigenvalue weighted by Gasteiger charge is 2.21. The summed E-state index contributed by atoms with van der Waals surface area (Å²) < 4.78 is 0. The molecule has 9 heteroatoms. The van der Waals surface area contributed by atoms with Crippen molar-refractivity contribution in [1.29, 1.82) is 0 Å². The molecular weight excluding hydrogens is 537 g/mol. The molecule has 2 heterocycles. The number of hydrogen-bond donors (Lipinski definition) is 1. The van der Waals surface area contributed by atoms with Crippen LogP contribution >= 0.6 is 35.0 Å². The zero-order valence-electron chi connectivity index (χ0n) is 20.7. The van der Waals surface area contributed by atoms with Gasteiger partial charge in [0.05, 0.1) is 10.7 Å². The third-order valence-electron chi connectivity index (χ3n) is 6.31. The fourth-order valence-corrected chi connectivity index (χ4v) is 5.61. The molecule has 1 aliphatic rings. The number of carbonyl (C=O) groups is 1. The first kappa shape index (κ1) is 26.4. The minimum absolute atomic E-state index is 0.0991. The van der Waals surface area contributed by atoms with Crippen molar-refractivity contribution >= 4 is 52.4 Å². The first-order chi connectivity index (χ1) is 18.5. The Kier molecular flexibility index (Phi) is 8.68. The summed E-state index contributed by atoms with van der Waals surface area (Å²) >= 11 is 14.3. The van der Waals surface area contributed by atoms with Crippen LogP contribution in [0.5, 0.6) is 0 Å². The summed E-state index contributed by atoms with van der Waals surface area (Å²) in [5.41, 5.74) is 3.76. The van der Waals surface area contributed by atoms with Gasteiger partial charge in [-0.05, 0) is 35.4 Å². The SMILES string of the molecule is O=C(NCc1ccccc1)c1cccc(CSc2nc(Cl)cc(N3CCN(c4ccccc4Cl)CC3)n2)c1. The van der Waals surface area contributed by atoms with Crippen molar-refractivity contribution in [2.75, 3.05) is 36.0 Å². The van der Waals surface area contributed by atoms with E-state index in [0.717, 1.165) is 53.8 Å². The van der Waals surface area contributed by atoms with Crippen molar-refractivity contribution in [2.45, 2.75) is 17.5 Å². The molecule has 0 atom stereocenters. The zero-order valence-corrected chi connectivity index (χ0v) is 23.0. The molecule has 0 bridgehead atoms. The summed E-state index contributed by atoms with van der Waals surface area (Å²) in [5.74, 6) is 1.35. The van der Waals surface area contributed by atoms with E-state index in [1.54, 1.807) is 0 Å². The Morgan fingerprint density at radius 3 is 2.32 bits per heavy atom. The number of hydrogen-bond acceptors (Lipinski definition) is 6. The number of anilines is 2. The van der Waals surface area contributed by atoms with Gasteiger partial charge in [0.15, 0.2) is 5.16 Å². The van der Waals surface area contributed by atoms with Crippen LogP contribution in [-0.4, -0.2) is 42.1 Å². The van der Waals surface area contributed by atoms with Gasteiger partial charge in [0.25, 0.3) is 5.91 Å². The summed E-state index contributed by atoms with van der Waals surface area (Å²) in [6.07, 6.45) is 0. The number of nitrogens with one attached hydrogen (secondary N) is 1. The van der Waals surface area contributed by atoms with E-state index in [1.165, 1.54) is 11.8 Å². The van der Waals surface area contributed by atoms with Crippen LogP contribution in [0.25, 0.3) is 0 Å². The highest BCUT2D eigenvalue weighted by Crippen LogP contribution is 2.29. The van der Waals surface area contributed by atoms with Gasteiger partial charge < -0.3 is 15.1 Å². The number of rotatable bonds is 8. The van der Waals surface area contributed by atoms with E-state index in [2.05, 4.69) is 26.2 Å². The number of halogens is 2. The lowest BCUT2D eigenvalue weighted by Crippen LogP contribution is -2.47.